The Bertz CT molecular complexity index is 2020. The van der Waals surface area contributed by atoms with Gasteiger partial charge >= 0.3 is 0 Å². The molecule has 0 saturated heterocycles. The first-order chi connectivity index (χ1) is 22.9. The maximum atomic E-state index is 13.6. The molecule has 232 valence electrons. The van der Waals surface area contributed by atoms with Gasteiger partial charge in [-0.15, -0.1) is 11.8 Å². The summed E-state index contributed by atoms with van der Waals surface area (Å²) in [4.78, 5) is 52.6. The van der Waals surface area contributed by atoms with E-state index in [0.29, 0.717) is 16.9 Å². The summed E-state index contributed by atoms with van der Waals surface area (Å²) in [5.41, 5.74) is 2.38. The highest BCUT2D eigenvalue weighted by Gasteiger charge is 2.26. The summed E-state index contributed by atoms with van der Waals surface area (Å²) in [7, 11) is 0. The quantitative estimate of drug-likeness (QED) is 0.131. The van der Waals surface area contributed by atoms with Crippen molar-refractivity contribution in [2.75, 3.05) is 16.1 Å². The van der Waals surface area contributed by atoms with Gasteiger partial charge in [-0.05, 0) is 64.9 Å². The molecule has 1 aliphatic heterocycles. The Balaban J connectivity index is 1.14. The van der Waals surface area contributed by atoms with E-state index in [9.17, 15) is 19.2 Å². The van der Waals surface area contributed by atoms with Gasteiger partial charge in [0.05, 0.1) is 17.9 Å². The molecule has 0 aliphatic carbocycles. The minimum absolute atomic E-state index is 0.00224. The van der Waals surface area contributed by atoms with Gasteiger partial charge in [-0.25, -0.2) is 0 Å². The van der Waals surface area contributed by atoms with Crippen LogP contribution in [0.1, 0.15) is 22.3 Å². The first-order valence-corrected chi connectivity index (χ1v) is 15.8. The van der Waals surface area contributed by atoms with Crippen LogP contribution < -0.4 is 21.0 Å². The zero-order valence-corrected chi connectivity index (χ0v) is 25.9. The maximum absolute atomic E-state index is 13.6. The molecule has 3 N–H and O–H groups in total. The molecule has 6 rings (SSSR count). The molecule has 0 aromatic heterocycles. The second-order valence-electron chi connectivity index (χ2n) is 10.5. The molecule has 0 radical (unpaired) electrons. The van der Waals surface area contributed by atoms with Crippen LogP contribution in [0, 0.1) is 0 Å². The first-order valence-electron chi connectivity index (χ1n) is 14.8. The zero-order valence-electron chi connectivity index (χ0n) is 25.1. The predicted molar refractivity (Wildman–Crippen MR) is 186 cm³/mol. The summed E-state index contributed by atoms with van der Waals surface area (Å²) >= 11 is 1.27. The number of amides is 4. The molecule has 0 atom stereocenters. The Kier molecular flexibility index (Phi) is 9.50. The Labute approximate surface area is 275 Å². The fourth-order valence-electron chi connectivity index (χ4n) is 4.95. The molecule has 1 heterocycles. The molecule has 47 heavy (non-hydrogen) atoms. The molecule has 0 saturated carbocycles. The lowest BCUT2D eigenvalue weighted by Crippen LogP contribution is -2.31. The van der Waals surface area contributed by atoms with Crippen LogP contribution in [0.2, 0.25) is 0 Å². The molecule has 5 aromatic carbocycles. The first kappa shape index (κ1) is 31.0. The highest BCUT2D eigenvalue weighted by atomic mass is 32.2. The molecule has 0 unspecified atom stereocenters. The van der Waals surface area contributed by atoms with Gasteiger partial charge in [-0.2, -0.15) is 10.1 Å². The number of hydrogen-bond acceptors (Lipinski definition) is 6. The number of nitrogens with one attached hydrogen (secondary N) is 3. The normalized spacial score (nSPS) is 12.9. The number of fused-ring (bicyclic) bond motifs is 1. The van der Waals surface area contributed by atoms with Crippen LogP contribution in [0.15, 0.2) is 143 Å². The van der Waals surface area contributed by atoms with E-state index in [4.69, 9.17) is 0 Å². The molecule has 0 spiro atoms. The van der Waals surface area contributed by atoms with E-state index in [1.807, 2.05) is 72.8 Å². The Hall–Kier alpha value is -6.00. The monoisotopic (exact) mass is 639 g/mol. The van der Waals surface area contributed by atoms with Crippen molar-refractivity contribution in [3.63, 3.8) is 0 Å². The van der Waals surface area contributed by atoms with Gasteiger partial charge in [0, 0.05) is 16.1 Å². The lowest BCUT2D eigenvalue weighted by molar-refractivity contribution is -0.117. The van der Waals surface area contributed by atoms with Crippen LogP contribution in [0.3, 0.4) is 0 Å². The number of carbonyl (C=O) groups excluding carboxylic acids is 4. The Morgan fingerprint density at radius 2 is 1.49 bits per heavy atom. The van der Waals surface area contributed by atoms with E-state index >= 15 is 0 Å². The second kappa shape index (κ2) is 14.4. The highest BCUT2D eigenvalue weighted by molar-refractivity contribution is 8.00. The summed E-state index contributed by atoms with van der Waals surface area (Å²) in [5, 5.41) is 15.9. The van der Waals surface area contributed by atoms with Crippen molar-refractivity contribution >= 4 is 69.4 Å². The average molecular weight is 640 g/mol. The van der Waals surface area contributed by atoms with Gasteiger partial charge < -0.3 is 16.0 Å². The van der Waals surface area contributed by atoms with Crippen LogP contribution in [0.4, 0.5) is 11.4 Å². The van der Waals surface area contributed by atoms with Crippen LogP contribution in [0.5, 0.6) is 0 Å². The van der Waals surface area contributed by atoms with Gasteiger partial charge in [-0.1, -0.05) is 84.9 Å². The molecule has 5 aromatic rings. The third kappa shape index (κ3) is 7.81. The Morgan fingerprint density at radius 1 is 0.787 bits per heavy atom. The van der Waals surface area contributed by atoms with E-state index < -0.39 is 11.8 Å². The Morgan fingerprint density at radius 3 is 2.30 bits per heavy atom. The minimum Gasteiger partial charge on any atom is -0.321 e. The molecular formula is C37H29N5O4S. The lowest BCUT2D eigenvalue weighted by atomic mass is 10.0. The van der Waals surface area contributed by atoms with Gasteiger partial charge in [0.25, 0.3) is 17.7 Å². The number of hydrazone groups is 1. The van der Waals surface area contributed by atoms with Crippen molar-refractivity contribution in [3.05, 3.63) is 144 Å². The van der Waals surface area contributed by atoms with Gasteiger partial charge in [-0.3, -0.25) is 19.2 Å². The van der Waals surface area contributed by atoms with E-state index in [0.717, 1.165) is 21.2 Å². The van der Waals surface area contributed by atoms with Crippen molar-refractivity contribution in [1.29, 1.82) is 0 Å². The van der Waals surface area contributed by atoms with Crippen LogP contribution in [0.25, 0.3) is 16.8 Å². The molecule has 0 bridgehead atoms. The van der Waals surface area contributed by atoms with Gasteiger partial charge in [0.2, 0.25) is 5.91 Å². The van der Waals surface area contributed by atoms with Crippen molar-refractivity contribution in [1.82, 2.24) is 10.6 Å². The molecule has 4 amide bonds. The second-order valence-corrected chi connectivity index (χ2v) is 11.6. The van der Waals surface area contributed by atoms with E-state index in [1.54, 1.807) is 60.7 Å². The number of benzene rings is 5. The molecule has 1 aliphatic rings. The third-order valence-electron chi connectivity index (χ3n) is 7.17. The summed E-state index contributed by atoms with van der Waals surface area (Å²) < 4.78 is 0. The zero-order chi connectivity index (χ0) is 32.6. The van der Waals surface area contributed by atoms with Crippen molar-refractivity contribution in [2.24, 2.45) is 5.10 Å². The predicted octanol–water partition coefficient (Wildman–Crippen LogP) is 6.21. The molecule has 10 heteroatoms. The van der Waals surface area contributed by atoms with Crippen molar-refractivity contribution in [3.8, 4) is 0 Å². The van der Waals surface area contributed by atoms with Crippen LogP contribution in [-0.2, 0) is 14.4 Å². The number of para-hydroxylation sites is 1. The largest absolute Gasteiger partial charge is 0.321 e. The summed E-state index contributed by atoms with van der Waals surface area (Å²) in [6, 6.07) is 38.3. The number of anilines is 2. The lowest BCUT2D eigenvalue weighted by Gasteiger charge is -2.13. The standard InChI is InChI=1S/C37H29N5O4S/c43-34(40-33-23-35(44)42(41-33)29-17-5-2-6-18-29)24-47-30-19-10-16-28(22-30)38-37(46)32(39-36(45)26-12-3-1-4-13-26)21-27-15-9-14-25-11-7-8-20-31(25)27/h1-22H,23-24H2,(H,38,46)(H,39,45)(H,40,41,43)/b32-21+. The maximum Gasteiger partial charge on any atom is 0.272 e. The van der Waals surface area contributed by atoms with E-state index in [2.05, 4.69) is 21.1 Å². The van der Waals surface area contributed by atoms with Crippen LogP contribution >= 0.6 is 11.8 Å². The highest BCUT2D eigenvalue weighted by Crippen LogP contribution is 2.24. The minimum atomic E-state index is -0.506. The fraction of sp³-hybridized carbons (Fsp3) is 0.0541. The molecule has 9 nitrogen and oxygen atoms in total. The number of thioether (sulfide) groups is 1. The van der Waals surface area contributed by atoms with Gasteiger partial charge in [0.15, 0.2) is 0 Å². The molecular weight excluding hydrogens is 611 g/mol. The summed E-state index contributed by atoms with van der Waals surface area (Å²) in [6.45, 7) is 0. The smallest absolute Gasteiger partial charge is 0.272 e. The van der Waals surface area contributed by atoms with Crippen LogP contribution in [-0.4, -0.2) is 35.2 Å². The number of rotatable bonds is 9. The SMILES string of the molecule is O=C(CSc1cccc(NC(=O)/C(=C\c2cccc3ccccc23)NC(=O)c2ccccc2)c1)NC1=NN(c2ccccc2)C(=O)C1. The van der Waals surface area contributed by atoms with E-state index in [1.165, 1.54) is 16.8 Å². The van der Waals surface area contributed by atoms with Crippen molar-refractivity contribution < 1.29 is 19.2 Å². The van der Waals surface area contributed by atoms with Gasteiger partial charge in [0.1, 0.15) is 11.5 Å². The third-order valence-corrected chi connectivity index (χ3v) is 8.17. The summed E-state index contributed by atoms with van der Waals surface area (Å²) in [5.74, 6) is -1.10. The summed E-state index contributed by atoms with van der Waals surface area (Å²) in [6.07, 6.45) is 1.67. The average Bonchev–Trinajstić information content (AvgIpc) is 3.47. The van der Waals surface area contributed by atoms with E-state index in [-0.39, 0.29) is 35.5 Å². The number of carbonyl (C=O) groups is 4. The number of amidine groups is 1. The molecule has 0 fully saturated rings. The number of nitrogens with zero attached hydrogens (tertiary/aromatic N) is 2. The van der Waals surface area contributed by atoms with Crippen molar-refractivity contribution in [2.45, 2.75) is 11.3 Å². The topological polar surface area (TPSA) is 120 Å². The fourth-order valence-corrected chi connectivity index (χ4v) is 5.71. The number of hydrogen-bond donors (Lipinski definition) is 3.